The first-order chi connectivity index (χ1) is 17.5. The molecule has 13 heteroatoms. The lowest BCUT2D eigenvalue weighted by Gasteiger charge is -2.30. The fraction of sp³-hybridized carbons (Fsp3) is 0.304. The second-order valence-electron chi connectivity index (χ2n) is 8.04. The molecule has 1 fully saturated rings. The SMILES string of the molecule is Cc1nsc(NC(=O)c2nc(Sc3nncn3C)ccc2Sc2ccc(OCCN3CCC3)cc2)n1. The molecule has 1 amide bonds. The zero-order chi connectivity index (χ0) is 24.9. The second kappa shape index (κ2) is 11.4. The molecular formula is C23H24N8O2S3. The van der Waals surface area contributed by atoms with Crippen molar-refractivity contribution in [2.75, 3.05) is 31.6 Å². The van der Waals surface area contributed by atoms with Crippen LogP contribution in [0.5, 0.6) is 5.75 Å². The predicted octanol–water partition coefficient (Wildman–Crippen LogP) is 4.01. The smallest absolute Gasteiger partial charge is 0.277 e. The summed E-state index contributed by atoms with van der Waals surface area (Å²) >= 11 is 3.94. The highest BCUT2D eigenvalue weighted by atomic mass is 32.2. The molecule has 1 aromatic carbocycles. The Morgan fingerprint density at radius 1 is 1.14 bits per heavy atom. The number of carbonyl (C=O) groups is 1. The summed E-state index contributed by atoms with van der Waals surface area (Å²) in [7, 11) is 1.86. The summed E-state index contributed by atoms with van der Waals surface area (Å²) in [6.07, 6.45) is 2.90. The molecule has 0 saturated carbocycles. The first-order valence-electron chi connectivity index (χ1n) is 11.3. The molecule has 36 heavy (non-hydrogen) atoms. The van der Waals surface area contributed by atoms with Crippen LogP contribution in [0.3, 0.4) is 0 Å². The van der Waals surface area contributed by atoms with Gasteiger partial charge in [-0.05, 0) is 74.6 Å². The van der Waals surface area contributed by atoms with Gasteiger partial charge in [0.15, 0.2) is 5.16 Å². The van der Waals surface area contributed by atoms with Gasteiger partial charge in [0.1, 0.15) is 35.2 Å². The van der Waals surface area contributed by atoms with Crippen molar-refractivity contribution in [3.05, 3.63) is 54.2 Å². The monoisotopic (exact) mass is 540 g/mol. The van der Waals surface area contributed by atoms with Crippen molar-refractivity contribution < 1.29 is 9.53 Å². The Bertz CT molecular complexity index is 1340. The fourth-order valence-corrected chi connectivity index (χ4v) is 5.53. The van der Waals surface area contributed by atoms with Crippen LogP contribution < -0.4 is 10.1 Å². The number of hydrogen-bond donors (Lipinski definition) is 1. The number of aryl methyl sites for hydroxylation is 2. The minimum absolute atomic E-state index is 0.301. The number of ether oxygens (including phenoxy) is 1. The molecule has 4 aromatic rings. The number of nitrogens with zero attached hydrogens (tertiary/aromatic N) is 7. The number of pyridine rings is 1. The van der Waals surface area contributed by atoms with E-state index >= 15 is 0 Å². The number of nitrogens with one attached hydrogen (secondary N) is 1. The third-order valence-corrected chi connectivity index (χ3v) is 8.11. The first kappa shape index (κ1) is 24.7. The van der Waals surface area contributed by atoms with E-state index in [-0.39, 0.29) is 5.91 Å². The van der Waals surface area contributed by atoms with E-state index in [2.05, 4.69) is 34.8 Å². The van der Waals surface area contributed by atoms with Crippen LogP contribution in [-0.2, 0) is 7.05 Å². The topological polar surface area (TPSA) is 111 Å². The molecule has 0 atom stereocenters. The van der Waals surface area contributed by atoms with Gasteiger partial charge < -0.3 is 9.30 Å². The molecule has 1 N–H and O–H groups in total. The van der Waals surface area contributed by atoms with Crippen LogP contribution >= 0.6 is 35.1 Å². The van der Waals surface area contributed by atoms with Gasteiger partial charge in [-0.2, -0.15) is 4.37 Å². The van der Waals surface area contributed by atoms with E-state index in [9.17, 15) is 4.79 Å². The molecule has 0 unspecified atom stereocenters. The maximum Gasteiger partial charge on any atom is 0.277 e. The Kier molecular flexibility index (Phi) is 7.80. The summed E-state index contributed by atoms with van der Waals surface area (Å²) < 4.78 is 11.8. The molecule has 0 bridgehead atoms. The van der Waals surface area contributed by atoms with Gasteiger partial charge in [-0.3, -0.25) is 15.0 Å². The van der Waals surface area contributed by atoms with Crippen molar-refractivity contribution >= 4 is 46.1 Å². The minimum atomic E-state index is -0.347. The summed E-state index contributed by atoms with van der Waals surface area (Å²) in [6, 6.07) is 11.7. The lowest BCUT2D eigenvalue weighted by atomic mass is 10.2. The minimum Gasteiger partial charge on any atom is -0.492 e. The predicted molar refractivity (Wildman–Crippen MR) is 139 cm³/mol. The molecule has 1 aliphatic heterocycles. The molecule has 10 nitrogen and oxygen atoms in total. The number of likely N-dealkylation sites (tertiary alicyclic amines) is 1. The normalized spacial score (nSPS) is 13.4. The van der Waals surface area contributed by atoms with Crippen LogP contribution in [0.4, 0.5) is 5.13 Å². The lowest BCUT2D eigenvalue weighted by Crippen LogP contribution is -2.39. The molecule has 1 aliphatic rings. The van der Waals surface area contributed by atoms with Gasteiger partial charge in [0.05, 0.1) is 0 Å². The maximum atomic E-state index is 13.2. The van der Waals surface area contributed by atoms with Gasteiger partial charge in [0, 0.05) is 34.9 Å². The average molecular weight is 541 g/mol. The Labute approximate surface area is 221 Å². The first-order valence-corrected chi connectivity index (χ1v) is 13.7. The number of anilines is 1. The molecule has 0 spiro atoms. The van der Waals surface area contributed by atoms with Crippen LogP contribution in [-0.4, -0.2) is 66.2 Å². The van der Waals surface area contributed by atoms with Gasteiger partial charge in [-0.1, -0.05) is 11.8 Å². The standard InChI is InChI=1S/C23H24N8O2S3/c1-15-25-22(36-29-15)27-21(32)20-18(8-9-19(26-20)35-23-28-24-14-30(23)2)34-17-6-4-16(5-7-17)33-13-12-31-10-3-11-31/h4-9,14H,3,10-13H2,1-2H3,(H,25,27,29,32). The third-order valence-electron chi connectivity index (χ3n) is 5.34. The maximum absolute atomic E-state index is 13.2. The summed E-state index contributed by atoms with van der Waals surface area (Å²) in [5.41, 5.74) is 0.301. The number of amides is 1. The Hall–Kier alpha value is -3.00. The second-order valence-corrected chi connectivity index (χ2v) is 10.9. The largest absolute Gasteiger partial charge is 0.492 e. The van der Waals surface area contributed by atoms with E-state index in [0.717, 1.165) is 46.7 Å². The van der Waals surface area contributed by atoms with Gasteiger partial charge in [-0.25, -0.2) is 9.97 Å². The molecule has 3 aromatic heterocycles. The van der Waals surface area contributed by atoms with Gasteiger partial charge in [-0.15, -0.1) is 10.2 Å². The number of aromatic nitrogens is 6. The highest BCUT2D eigenvalue weighted by Crippen LogP contribution is 2.34. The Morgan fingerprint density at radius 3 is 2.64 bits per heavy atom. The van der Waals surface area contributed by atoms with E-state index in [0.29, 0.717) is 33.4 Å². The van der Waals surface area contributed by atoms with Crippen molar-refractivity contribution in [3.8, 4) is 5.75 Å². The number of hydrogen-bond acceptors (Lipinski definition) is 11. The molecular weight excluding hydrogens is 517 g/mol. The molecule has 4 heterocycles. The number of carbonyl (C=O) groups excluding carboxylic acids is 1. The van der Waals surface area contributed by atoms with Crippen molar-refractivity contribution in [2.24, 2.45) is 7.05 Å². The summed E-state index contributed by atoms with van der Waals surface area (Å²) in [5.74, 6) is 1.09. The molecule has 5 rings (SSSR count). The lowest BCUT2D eigenvalue weighted by molar-refractivity contribution is 0.101. The molecule has 0 radical (unpaired) electrons. The zero-order valence-electron chi connectivity index (χ0n) is 19.7. The summed E-state index contributed by atoms with van der Waals surface area (Å²) in [5, 5.41) is 12.6. The Balaban J connectivity index is 1.32. The highest BCUT2D eigenvalue weighted by molar-refractivity contribution is 7.99. The van der Waals surface area contributed by atoms with Crippen molar-refractivity contribution in [3.63, 3.8) is 0 Å². The van der Waals surface area contributed by atoms with Crippen LogP contribution in [0.15, 0.2) is 62.7 Å². The van der Waals surface area contributed by atoms with Crippen LogP contribution in [0.25, 0.3) is 0 Å². The highest BCUT2D eigenvalue weighted by Gasteiger charge is 2.19. The van der Waals surface area contributed by atoms with Crippen molar-refractivity contribution in [1.82, 2.24) is 34.0 Å². The van der Waals surface area contributed by atoms with E-state index < -0.39 is 0 Å². The van der Waals surface area contributed by atoms with Crippen LogP contribution in [0, 0.1) is 6.92 Å². The average Bonchev–Trinajstić information content (AvgIpc) is 3.44. The van der Waals surface area contributed by atoms with Crippen LogP contribution in [0.2, 0.25) is 0 Å². The van der Waals surface area contributed by atoms with E-state index in [1.165, 1.54) is 29.9 Å². The fourth-order valence-electron chi connectivity index (χ4n) is 3.32. The van der Waals surface area contributed by atoms with E-state index in [1.807, 2.05) is 43.4 Å². The Morgan fingerprint density at radius 2 is 1.97 bits per heavy atom. The molecule has 0 aliphatic carbocycles. The van der Waals surface area contributed by atoms with Crippen molar-refractivity contribution in [1.29, 1.82) is 0 Å². The van der Waals surface area contributed by atoms with Crippen molar-refractivity contribution in [2.45, 2.75) is 33.3 Å². The molecule has 1 saturated heterocycles. The van der Waals surface area contributed by atoms with E-state index in [1.54, 1.807) is 17.8 Å². The quantitative estimate of drug-likeness (QED) is 0.317. The number of benzene rings is 1. The molecule has 186 valence electrons. The summed E-state index contributed by atoms with van der Waals surface area (Å²) in [4.78, 5) is 26.2. The summed E-state index contributed by atoms with van der Waals surface area (Å²) in [6.45, 7) is 5.74. The van der Waals surface area contributed by atoms with Gasteiger partial charge in [0.25, 0.3) is 5.91 Å². The third kappa shape index (κ3) is 6.22. The van der Waals surface area contributed by atoms with Gasteiger partial charge >= 0.3 is 0 Å². The zero-order valence-corrected chi connectivity index (χ0v) is 22.2. The van der Waals surface area contributed by atoms with E-state index in [4.69, 9.17) is 4.74 Å². The number of rotatable bonds is 10. The van der Waals surface area contributed by atoms with Gasteiger partial charge in [0.2, 0.25) is 5.13 Å². The van der Waals surface area contributed by atoms with Crippen LogP contribution in [0.1, 0.15) is 22.7 Å².